The SMILES string of the molecule is CC(=O)c1c(C)[nH]c(C(=O)COC(=O)c2cc(=O)c3cc(C)ccc3o2)c1C. The van der Waals surface area contributed by atoms with Crippen LogP contribution in [0.3, 0.4) is 0 Å². The summed E-state index contributed by atoms with van der Waals surface area (Å²) in [6.07, 6.45) is 0. The van der Waals surface area contributed by atoms with E-state index in [0.29, 0.717) is 22.2 Å². The zero-order valence-electron chi connectivity index (χ0n) is 16.0. The van der Waals surface area contributed by atoms with Gasteiger partial charge in [0.15, 0.2) is 17.8 Å². The van der Waals surface area contributed by atoms with Crippen molar-refractivity contribution in [3.8, 4) is 0 Å². The van der Waals surface area contributed by atoms with Gasteiger partial charge in [0.05, 0.1) is 11.1 Å². The molecule has 0 amide bonds. The molecule has 7 nitrogen and oxygen atoms in total. The number of ketones is 2. The van der Waals surface area contributed by atoms with Gasteiger partial charge in [-0.05, 0) is 45.4 Å². The molecule has 2 aromatic heterocycles. The average molecular weight is 381 g/mol. The Kier molecular flexibility index (Phi) is 5.00. The monoisotopic (exact) mass is 381 g/mol. The lowest BCUT2D eigenvalue weighted by atomic mass is 10.1. The minimum absolute atomic E-state index is 0.157. The van der Waals surface area contributed by atoms with Crippen LogP contribution in [0.15, 0.2) is 33.5 Å². The van der Waals surface area contributed by atoms with Gasteiger partial charge in [-0.3, -0.25) is 14.4 Å². The van der Waals surface area contributed by atoms with Gasteiger partial charge < -0.3 is 14.1 Å². The Hall–Kier alpha value is -3.48. The fourth-order valence-electron chi connectivity index (χ4n) is 3.20. The van der Waals surface area contributed by atoms with Crippen LogP contribution in [0.5, 0.6) is 0 Å². The second-order valence-corrected chi connectivity index (χ2v) is 6.66. The van der Waals surface area contributed by atoms with Gasteiger partial charge >= 0.3 is 5.97 Å². The maximum atomic E-state index is 12.4. The van der Waals surface area contributed by atoms with Crippen LogP contribution in [0.25, 0.3) is 11.0 Å². The maximum absolute atomic E-state index is 12.4. The van der Waals surface area contributed by atoms with E-state index in [1.165, 1.54) is 6.92 Å². The number of ether oxygens (including phenoxy) is 1. The summed E-state index contributed by atoms with van der Waals surface area (Å²) in [7, 11) is 0. The predicted octanol–water partition coefficient (Wildman–Crippen LogP) is 3.29. The molecule has 144 valence electrons. The molecule has 0 radical (unpaired) electrons. The van der Waals surface area contributed by atoms with E-state index in [9.17, 15) is 19.2 Å². The third-order valence-electron chi connectivity index (χ3n) is 4.49. The number of aromatic nitrogens is 1. The van der Waals surface area contributed by atoms with E-state index in [0.717, 1.165) is 11.6 Å². The molecule has 1 aromatic carbocycles. The zero-order chi connectivity index (χ0) is 20.6. The number of benzene rings is 1. The smallest absolute Gasteiger partial charge is 0.374 e. The number of aryl methyl sites for hydroxylation is 2. The third-order valence-corrected chi connectivity index (χ3v) is 4.49. The molecule has 7 heteroatoms. The first-order valence-electron chi connectivity index (χ1n) is 8.64. The number of carbonyl (C=O) groups excluding carboxylic acids is 3. The summed E-state index contributed by atoms with van der Waals surface area (Å²) in [5.41, 5.74) is 2.54. The van der Waals surface area contributed by atoms with E-state index in [1.54, 1.807) is 32.0 Å². The third kappa shape index (κ3) is 3.51. The van der Waals surface area contributed by atoms with Gasteiger partial charge in [0, 0.05) is 17.3 Å². The van der Waals surface area contributed by atoms with E-state index in [-0.39, 0.29) is 28.2 Å². The minimum atomic E-state index is -0.916. The molecule has 0 aliphatic heterocycles. The Bertz CT molecular complexity index is 1180. The van der Waals surface area contributed by atoms with Crippen molar-refractivity contribution < 1.29 is 23.5 Å². The summed E-state index contributed by atoms with van der Waals surface area (Å²) in [5, 5.41) is 0.363. The molecule has 0 saturated carbocycles. The van der Waals surface area contributed by atoms with Gasteiger partial charge in [-0.1, -0.05) is 11.6 Å². The lowest BCUT2D eigenvalue weighted by Gasteiger charge is -2.05. The first-order valence-corrected chi connectivity index (χ1v) is 8.64. The highest BCUT2D eigenvalue weighted by Crippen LogP contribution is 2.19. The van der Waals surface area contributed by atoms with E-state index < -0.39 is 18.4 Å². The van der Waals surface area contributed by atoms with Crippen LogP contribution in [0.1, 0.15) is 55.1 Å². The summed E-state index contributed by atoms with van der Waals surface area (Å²) in [5.74, 6) is -1.84. The maximum Gasteiger partial charge on any atom is 0.374 e. The zero-order valence-corrected chi connectivity index (χ0v) is 16.0. The molecule has 3 aromatic rings. The Morgan fingerprint density at radius 1 is 1.11 bits per heavy atom. The number of rotatable bonds is 5. The van der Waals surface area contributed by atoms with Crippen LogP contribution < -0.4 is 5.43 Å². The summed E-state index contributed by atoms with van der Waals surface area (Å²) in [6, 6.07) is 6.07. The molecule has 2 heterocycles. The second-order valence-electron chi connectivity index (χ2n) is 6.66. The van der Waals surface area contributed by atoms with Gasteiger partial charge in [-0.2, -0.15) is 0 Å². The number of fused-ring (bicyclic) bond motifs is 1. The molecule has 1 N–H and O–H groups in total. The van der Waals surface area contributed by atoms with Crippen molar-refractivity contribution >= 4 is 28.5 Å². The Labute approximate surface area is 160 Å². The number of H-pyrrole nitrogens is 1. The number of carbonyl (C=O) groups is 3. The van der Waals surface area contributed by atoms with Crippen molar-refractivity contribution in [1.82, 2.24) is 4.98 Å². The number of hydrogen-bond acceptors (Lipinski definition) is 6. The fraction of sp³-hybridized carbons (Fsp3) is 0.238. The number of aromatic amines is 1. The largest absolute Gasteiger partial charge is 0.451 e. The van der Waals surface area contributed by atoms with Crippen molar-refractivity contribution in [2.75, 3.05) is 6.61 Å². The number of Topliss-reactive ketones (excluding diaryl/α,β-unsaturated/α-hetero) is 2. The molecule has 28 heavy (non-hydrogen) atoms. The van der Waals surface area contributed by atoms with Crippen molar-refractivity contribution in [1.29, 1.82) is 0 Å². The van der Waals surface area contributed by atoms with Gasteiger partial charge in [0.1, 0.15) is 5.58 Å². The quantitative estimate of drug-likeness (QED) is 0.537. The van der Waals surface area contributed by atoms with Gasteiger partial charge in [-0.15, -0.1) is 0 Å². The molecular formula is C21H19NO6. The summed E-state index contributed by atoms with van der Waals surface area (Å²) in [4.78, 5) is 51.4. The van der Waals surface area contributed by atoms with Crippen molar-refractivity contribution in [2.24, 2.45) is 0 Å². The Morgan fingerprint density at radius 2 is 1.82 bits per heavy atom. The topological polar surface area (TPSA) is 106 Å². The molecule has 0 unspecified atom stereocenters. The van der Waals surface area contributed by atoms with E-state index >= 15 is 0 Å². The van der Waals surface area contributed by atoms with Crippen LogP contribution in [0.4, 0.5) is 0 Å². The summed E-state index contributed by atoms with van der Waals surface area (Å²) in [6.45, 7) is 6.05. The predicted molar refractivity (Wildman–Crippen MR) is 102 cm³/mol. The van der Waals surface area contributed by atoms with Crippen LogP contribution in [-0.4, -0.2) is 29.1 Å². The Balaban J connectivity index is 1.79. The van der Waals surface area contributed by atoms with E-state index in [2.05, 4.69) is 4.98 Å². The number of esters is 1. The van der Waals surface area contributed by atoms with Crippen LogP contribution in [0, 0.1) is 20.8 Å². The molecular weight excluding hydrogens is 362 g/mol. The van der Waals surface area contributed by atoms with Crippen molar-refractivity contribution in [3.63, 3.8) is 0 Å². The highest BCUT2D eigenvalue weighted by Gasteiger charge is 2.22. The van der Waals surface area contributed by atoms with Crippen LogP contribution in [0.2, 0.25) is 0 Å². The first kappa shape index (κ1) is 19.3. The summed E-state index contributed by atoms with van der Waals surface area (Å²) < 4.78 is 10.4. The lowest BCUT2D eigenvalue weighted by molar-refractivity contribution is 0.0443. The number of hydrogen-bond donors (Lipinski definition) is 1. The van der Waals surface area contributed by atoms with Crippen molar-refractivity contribution in [3.05, 3.63) is 68.3 Å². The molecule has 0 spiro atoms. The van der Waals surface area contributed by atoms with E-state index in [4.69, 9.17) is 9.15 Å². The van der Waals surface area contributed by atoms with Crippen LogP contribution >= 0.6 is 0 Å². The molecule has 3 rings (SSSR count). The first-order chi connectivity index (χ1) is 13.2. The van der Waals surface area contributed by atoms with Crippen LogP contribution in [-0.2, 0) is 4.74 Å². The second kappa shape index (κ2) is 7.26. The van der Waals surface area contributed by atoms with Gasteiger partial charge in [0.25, 0.3) is 0 Å². The summed E-state index contributed by atoms with van der Waals surface area (Å²) >= 11 is 0. The standard InChI is InChI=1S/C21H19NO6/c1-10-5-6-17-14(7-10)15(24)8-18(28-17)21(26)27-9-16(25)20-11(2)19(13(4)23)12(3)22-20/h5-8,22H,9H2,1-4H3. The molecule has 0 aliphatic rings. The molecule has 0 saturated heterocycles. The van der Waals surface area contributed by atoms with Gasteiger partial charge in [0.2, 0.25) is 11.5 Å². The van der Waals surface area contributed by atoms with Crippen molar-refractivity contribution in [2.45, 2.75) is 27.7 Å². The Morgan fingerprint density at radius 3 is 2.46 bits per heavy atom. The molecule has 0 aliphatic carbocycles. The molecule has 0 atom stereocenters. The highest BCUT2D eigenvalue weighted by atomic mass is 16.5. The molecule has 0 fully saturated rings. The highest BCUT2D eigenvalue weighted by molar-refractivity contribution is 6.04. The normalized spacial score (nSPS) is 10.9. The number of nitrogens with one attached hydrogen (secondary N) is 1. The fourth-order valence-corrected chi connectivity index (χ4v) is 3.20. The lowest BCUT2D eigenvalue weighted by Crippen LogP contribution is -2.17. The van der Waals surface area contributed by atoms with E-state index in [1.807, 2.05) is 6.92 Å². The van der Waals surface area contributed by atoms with Gasteiger partial charge in [-0.25, -0.2) is 4.79 Å². The minimum Gasteiger partial charge on any atom is -0.451 e. The average Bonchev–Trinajstić information content (AvgIpc) is 2.94. The molecule has 0 bridgehead atoms.